The molecule has 0 N–H and O–H groups in total. The molecule has 0 aliphatic carbocycles. The number of amides is 1. The molecule has 2 aromatic heterocycles. The summed E-state index contributed by atoms with van der Waals surface area (Å²) in [6, 6.07) is 8.84. The number of non-ortho nitro benzene ring substituents is 1. The molecule has 3 aromatic rings. The number of hydrogen-bond acceptors (Lipinski definition) is 7. The van der Waals surface area contributed by atoms with Crippen LogP contribution >= 0.6 is 23.1 Å². The maximum Gasteiger partial charge on any atom is 0.269 e. The molecule has 4 rings (SSSR count). The molecule has 0 spiro atoms. The number of nitrogens with zero attached hydrogens (tertiary/aromatic N) is 5. The minimum absolute atomic E-state index is 0.0300. The van der Waals surface area contributed by atoms with Gasteiger partial charge in [0.25, 0.3) is 5.69 Å². The lowest BCUT2D eigenvalue weighted by Gasteiger charge is -2.29. The topological polar surface area (TPSA) is 94.2 Å². The molecular weight excluding hydrogens is 410 g/mol. The fraction of sp³-hybridized carbons (Fsp3) is 0.316. The van der Waals surface area contributed by atoms with E-state index in [1.807, 2.05) is 10.6 Å². The molecule has 1 aliphatic heterocycles. The van der Waals surface area contributed by atoms with E-state index in [2.05, 4.69) is 21.6 Å². The molecule has 0 saturated heterocycles. The van der Waals surface area contributed by atoms with Crippen LogP contribution in [0.3, 0.4) is 0 Å². The van der Waals surface area contributed by atoms with Crippen LogP contribution in [0.4, 0.5) is 11.4 Å². The van der Waals surface area contributed by atoms with Gasteiger partial charge in [0.1, 0.15) is 6.33 Å². The molecule has 10 heteroatoms. The van der Waals surface area contributed by atoms with E-state index < -0.39 is 4.92 Å². The third kappa shape index (κ3) is 4.48. The van der Waals surface area contributed by atoms with Crippen molar-refractivity contribution in [3.63, 3.8) is 0 Å². The van der Waals surface area contributed by atoms with E-state index in [0.29, 0.717) is 6.54 Å². The van der Waals surface area contributed by atoms with Crippen LogP contribution in [0.25, 0.3) is 0 Å². The molecule has 1 amide bonds. The summed E-state index contributed by atoms with van der Waals surface area (Å²) in [5.74, 6) is 0.214. The summed E-state index contributed by atoms with van der Waals surface area (Å²) in [6.07, 6.45) is 4.12. The van der Waals surface area contributed by atoms with Crippen LogP contribution in [-0.4, -0.2) is 37.9 Å². The van der Waals surface area contributed by atoms with Crippen LogP contribution in [0, 0.1) is 10.1 Å². The first-order chi connectivity index (χ1) is 14.1. The van der Waals surface area contributed by atoms with E-state index >= 15 is 0 Å². The van der Waals surface area contributed by atoms with E-state index in [9.17, 15) is 14.9 Å². The molecule has 0 atom stereocenters. The Kier molecular flexibility index (Phi) is 5.91. The highest BCUT2D eigenvalue weighted by atomic mass is 32.2. The lowest BCUT2D eigenvalue weighted by molar-refractivity contribution is -0.384. The number of carbonyl (C=O) groups excluding carboxylic acids is 1. The van der Waals surface area contributed by atoms with Gasteiger partial charge in [-0.1, -0.05) is 17.8 Å². The van der Waals surface area contributed by atoms with Crippen molar-refractivity contribution in [1.29, 1.82) is 0 Å². The second kappa shape index (κ2) is 8.75. The molecule has 1 aromatic carbocycles. The van der Waals surface area contributed by atoms with Crippen LogP contribution in [-0.2, 0) is 24.2 Å². The number of rotatable bonds is 7. The first kappa shape index (κ1) is 19.6. The van der Waals surface area contributed by atoms with Gasteiger partial charge in [0.15, 0.2) is 5.16 Å². The Hall–Kier alpha value is -2.72. The summed E-state index contributed by atoms with van der Waals surface area (Å²) in [5.41, 5.74) is 1.68. The maximum absolute atomic E-state index is 12.8. The van der Waals surface area contributed by atoms with Gasteiger partial charge in [0, 0.05) is 35.8 Å². The summed E-state index contributed by atoms with van der Waals surface area (Å²) < 4.78 is 1.96. The van der Waals surface area contributed by atoms with Gasteiger partial charge in [-0.2, -0.15) is 0 Å². The van der Waals surface area contributed by atoms with E-state index in [0.717, 1.165) is 42.2 Å². The minimum Gasteiger partial charge on any atom is -0.311 e. The van der Waals surface area contributed by atoms with Crippen molar-refractivity contribution < 1.29 is 9.72 Å². The Balaban J connectivity index is 1.40. The number of nitro groups is 1. The highest BCUT2D eigenvalue weighted by molar-refractivity contribution is 7.99. The second-order valence-electron chi connectivity index (χ2n) is 6.64. The van der Waals surface area contributed by atoms with Crippen molar-refractivity contribution in [2.24, 2.45) is 0 Å². The summed E-state index contributed by atoms with van der Waals surface area (Å²) >= 11 is 3.09. The van der Waals surface area contributed by atoms with Crippen LogP contribution in [0.5, 0.6) is 0 Å². The smallest absolute Gasteiger partial charge is 0.269 e. The SMILES string of the molecule is O=C(CSc1nncn1CCc1cccs1)N1CCCc2cc([N+](=O)[O-])ccc21. The van der Waals surface area contributed by atoms with Crippen molar-refractivity contribution in [2.75, 3.05) is 17.2 Å². The zero-order chi connectivity index (χ0) is 20.2. The largest absolute Gasteiger partial charge is 0.311 e. The number of aromatic nitrogens is 3. The number of thioether (sulfide) groups is 1. The number of carbonyl (C=O) groups is 1. The zero-order valence-corrected chi connectivity index (χ0v) is 17.2. The highest BCUT2D eigenvalue weighted by Gasteiger charge is 2.24. The maximum atomic E-state index is 12.8. The second-order valence-corrected chi connectivity index (χ2v) is 8.62. The Labute approximate surface area is 175 Å². The van der Waals surface area contributed by atoms with Crippen molar-refractivity contribution >= 4 is 40.4 Å². The van der Waals surface area contributed by atoms with Gasteiger partial charge in [0.05, 0.1) is 10.7 Å². The summed E-state index contributed by atoms with van der Waals surface area (Å²) in [6.45, 7) is 1.38. The molecule has 3 heterocycles. The van der Waals surface area contributed by atoms with Gasteiger partial charge in [-0.05, 0) is 42.3 Å². The molecule has 8 nitrogen and oxygen atoms in total. The van der Waals surface area contributed by atoms with Crippen LogP contribution in [0.15, 0.2) is 47.2 Å². The number of fused-ring (bicyclic) bond motifs is 1. The lowest BCUT2D eigenvalue weighted by Crippen LogP contribution is -2.36. The van der Waals surface area contributed by atoms with Gasteiger partial charge in [-0.15, -0.1) is 21.5 Å². The molecular formula is C19H19N5O3S2. The first-order valence-corrected chi connectivity index (χ1v) is 11.1. The van der Waals surface area contributed by atoms with E-state index in [1.165, 1.54) is 22.7 Å². The Morgan fingerprint density at radius 1 is 1.34 bits per heavy atom. The van der Waals surface area contributed by atoms with Gasteiger partial charge in [-0.25, -0.2) is 0 Å². The lowest BCUT2D eigenvalue weighted by atomic mass is 10.0. The summed E-state index contributed by atoms with van der Waals surface area (Å²) in [5, 5.41) is 21.9. The number of anilines is 1. The fourth-order valence-electron chi connectivity index (χ4n) is 3.36. The number of aryl methyl sites for hydroxylation is 3. The third-order valence-corrected chi connectivity index (χ3v) is 6.68. The molecule has 29 heavy (non-hydrogen) atoms. The molecule has 0 fully saturated rings. The van der Waals surface area contributed by atoms with Crippen molar-refractivity contribution in [3.05, 3.63) is 62.6 Å². The molecule has 0 unspecified atom stereocenters. The average molecular weight is 430 g/mol. The van der Waals surface area contributed by atoms with Crippen molar-refractivity contribution in [3.8, 4) is 0 Å². The van der Waals surface area contributed by atoms with Gasteiger partial charge >= 0.3 is 0 Å². The third-order valence-electron chi connectivity index (χ3n) is 4.78. The molecule has 150 valence electrons. The number of thiophene rings is 1. The van der Waals surface area contributed by atoms with Crippen LogP contribution in [0.2, 0.25) is 0 Å². The normalized spacial score (nSPS) is 13.3. The summed E-state index contributed by atoms with van der Waals surface area (Å²) in [4.78, 5) is 26.5. The average Bonchev–Trinajstić information content (AvgIpc) is 3.41. The van der Waals surface area contributed by atoms with Crippen LogP contribution in [0.1, 0.15) is 16.9 Å². The quantitative estimate of drug-likeness (QED) is 0.324. The van der Waals surface area contributed by atoms with E-state index in [4.69, 9.17) is 0 Å². The van der Waals surface area contributed by atoms with E-state index in [1.54, 1.807) is 34.7 Å². The predicted octanol–water partition coefficient (Wildman–Crippen LogP) is 3.56. The Morgan fingerprint density at radius 2 is 2.24 bits per heavy atom. The summed E-state index contributed by atoms with van der Waals surface area (Å²) in [7, 11) is 0. The van der Waals surface area contributed by atoms with Gasteiger partial charge < -0.3 is 9.47 Å². The number of nitro benzene ring substituents is 1. The molecule has 0 radical (unpaired) electrons. The number of benzene rings is 1. The van der Waals surface area contributed by atoms with Crippen LogP contribution < -0.4 is 4.90 Å². The predicted molar refractivity (Wildman–Crippen MR) is 113 cm³/mol. The molecule has 1 aliphatic rings. The minimum atomic E-state index is -0.403. The fourth-order valence-corrected chi connectivity index (χ4v) is 4.87. The standard InChI is InChI=1S/C19H19N5O3S2/c25-18(23-8-1-3-14-11-15(24(26)27)5-6-17(14)23)12-29-19-21-20-13-22(19)9-7-16-4-2-10-28-16/h2,4-6,10-11,13H,1,3,7-9,12H2. The van der Waals surface area contributed by atoms with Gasteiger partial charge in [-0.3, -0.25) is 14.9 Å². The Morgan fingerprint density at radius 3 is 3.03 bits per heavy atom. The van der Waals surface area contributed by atoms with Gasteiger partial charge in [0.2, 0.25) is 5.91 Å². The Bertz CT molecular complexity index is 1020. The first-order valence-electron chi connectivity index (χ1n) is 9.22. The highest BCUT2D eigenvalue weighted by Crippen LogP contribution is 2.31. The van der Waals surface area contributed by atoms with Crippen molar-refractivity contribution in [1.82, 2.24) is 14.8 Å². The monoisotopic (exact) mass is 429 g/mol. The molecule has 0 bridgehead atoms. The van der Waals surface area contributed by atoms with E-state index in [-0.39, 0.29) is 17.3 Å². The number of hydrogen-bond donors (Lipinski definition) is 0. The zero-order valence-electron chi connectivity index (χ0n) is 15.6. The molecule has 0 saturated carbocycles. The van der Waals surface area contributed by atoms with Crippen molar-refractivity contribution in [2.45, 2.75) is 31.0 Å².